The number of carbonyl (C=O) groups excluding carboxylic acids is 1. The molecule has 0 saturated heterocycles. The Bertz CT molecular complexity index is 1510. The van der Waals surface area contributed by atoms with Gasteiger partial charge in [-0.05, 0) is 48.0 Å². The number of fused-ring (bicyclic) bond motifs is 1. The molecule has 1 aromatic heterocycles. The number of amides is 1. The van der Waals surface area contributed by atoms with E-state index in [2.05, 4.69) is 9.98 Å². The Hall–Kier alpha value is -3.08. The van der Waals surface area contributed by atoms with Crippen molar-refractivity contribution >= 4 is 33.6 Å². The van der Waals surface area contributed by atoms with Gasteiger partial charge in [-0.25, -0.2) is 13.4 Å². The first-order valence-corrected chi connectivity index (χ1v) is 12.2. The predicted octanol–water partition coefficient (Wildman–Crippen LogP) is 3.51. The van der Waals surface area contributed by atoms with Gasteiger partial charge < -0.3 is 0 Å². The Balaban J connectivity index is 1.79. The SMILES string of the molecule is Cc1ccc2c(c1)=CC(CN(Cc1cccnc1)S(=O)(=O)c1cc(C(F)(F)F)ccc1Cl)C(=O)N=2. The topological polar surface area (TPSA) is 79.7 Å². The minimum Gasteiger partial charge on any atom is -0.272 e. The van der Waals surface area contributed by atoms with Gasteiger partial charge in [-0.3, -0.25) is 9.78 Å². The zero-order valence-electron chi connectivity index (χ0n) is 18.3. The van der Waals surface area contributed by atoms with E-state index in [1.807, 2.05) is 13.0 Å². The molecule has 0 fully saturated rings. The van der Waals surface area contributed by atoms with Crippen molar-refractivity contribution in [1.82, 2.24) is 9.29 Å². The molecule has 1 atom stereocenters. The predicted molar refractivity (Wildman–Crippen MR) is 123 cm³/mol. The average molecular weight is 522 g/mol. The number of halogens is 4. The number of hydrogen-bond acceptors (Lipinski definition) is 4. The van der Waals surface area contributed by atoms with Crippen LogP contribution in [0.5, 0.6) is 0 Å². The molecule has 6 nitrogen and oxygen atoms in total. The van der Waals surface area contributed by atoms with Gasteiger partial charge in [0.2, 0.25) is 10.0 Å². The smallest absolute Gasteiger partial charge is 0.272 e. The van der Waals surface area contributed by atoms with Gasteiger partial charge in [0.05, 0.1) is 21.9 Å². The maximum Gasteiger partial charge on any atom is 0.416 e. The van der Waals surface area contributed by atoms with E-state index in [9.17, 15) is 26.4 Å². The third kappa shape index (κ3) is 5.44. The third-order valence-electron chi connectivity index (χ3n) is 5.47. The molecule has 0 bridgehead atoms. The fraction of sp³-hybridized carbons (Fsp3) is 0.208. The third-order valence-corrected chi connectivity index (χ3v) is 7.76. The fourth-order valence-corrected chi connectivity index (χ4v) is 5.66. The van der Waals surface area contributed by atoms with E-state index < -0.39 is 38.5 Å². The summed E-state index contributed by atoms with van der Waals surface area (Å²) in [5.41, 5.74) is 0.260. The number of alkyl halides is 3. The van der Waals surface area contributed by atoms with Crippen molar-refractivity contribution in [2.24, 2.45) is 10.9 Å². The Morgan fingerprint density at radius 2 is 1.89 bits per heavy atom. The van der Waals surface area contributed by atoms with Crippen molar-refractivity contribution in [2.75, 3.05) is 6.54 Å². The Morgan fingerprint density at radius 1 is 1.11 bits per heavy atom. The molecule has 182 valence electrons. The number of nitrogens with zero attached hydrogens (tertiary/aromatic N) is 3. The van der Waals surface area contributed by atoms with Crippen LogP contribution in [0.15, 0.2) is 70.8 Å². The molecule has 0 spiro atoms. The van der Waals surface area contributed by atoms with Gasteiger partial charge in [0, 0.05) is 25.5 Å². The van der Waals surface area contributed by atoms with Crippen molar-refractivity contribution in [3.8, 4) is 0 Å². The summed E-state index contributed by atoms with van der Waals surface area (Å²) in [6.07, 6.45) is -0.206. The number of carbonyl (C=O) groups is 1. The molecule has 2 aromatic carbocycles. The van der Waals surface area contributed by atoms with Crippen LogP contribution in [-0.4, -0.2) is 30.2 Å². The number of aryl methyl sites for hydroxylation is 1. The zero-order valence-corrected chi connectivity index (χ0v) is 19.9. The van der Waals surface area contributed by atoms with E-state index in [-0.39, 0.29) is 18.1 Å². The molecule has 1 aliphatic heterocycles. The first-order valence-electron chi connectivity index (χ1n) is 10.4. The highest BCUT2D eigenvalue weighted by Gasteiger charge is 2.36. The standard InChI is InChI=1S/C24H19ClF3N3O3S/c1-15-4-7-21-17(9-15)10-18(23(32)30-21)14-31(13-16-3-2-8-29-12-16)35(33,34)22-11-19(24(26,27)28)5-6-20(22)25/h2-12,18H,13-14H2,1H3. The van der Waals surface area contributed by atoms with Crippen LogP contribution in [0.3, 0.4) is 0 Å². The Kier molecular flexibility index (Phi) is 6.81. The fourth-order valence-electron chi connectivity index (χ4n) is 3.71. The molecule has 3 aromatic rings. The summed E-state index contributed by atoms with van der Waals surface area (Å²) in [6.45, 7) is 1.29. The monoisotopic (exact) mass is 521 g/mol. The summed E-state index contributed by atoms with van der Waals surface area (Å²) in [4.78, 5) is 20.1. The lowest BCUT2D eigenvalue weighted by molar-refractivity contribution is -0.137. The highest BCUT2D eigenvalue weighted by atomic mass is 35.5. The molecule has 0 aliphatic carbocycles. The molecule has 1 unspecified atom stereocenters. The van der Waals surface area contributed by atoms with E-state index in [1.54, 1.807) is 30.3 Å². The Morgan fingerprint density at radius 3 is 2.57 bits per heavy atom. The second-order valence-electron chi connectivity index (χ2n) is 8.09. The van der Waals surface area contributed by atoms with Gasteiger partial charge in [0.25, 0.3) is 5.91 Å². The number of sulfonamides is 1. The molecule has 35 heavy (non-hydrogen) atoms. The number of aromatic nitrogens is 1. The van der Waals surface area contributed by atoms with Crippen LogP contribution in [0.1, 0.15) is 16.7 Å². The summed E-state index contributed by atoms with van der Waals surface area (Å²) < 4.78 is 68.1. The normalized spacial score (nSPS) is 15.9. The van der Waals surface area contributed by atoms with Crippen LogP contribution >= 0.6 is 11.6 Å². The summed E-state index contributed by atoms with van der Waals surface area (Å²) in [5.74, 6) is -1.50. The first kappa shape index (κ1) is 25.0. The molecule has 1 amide bonds. The first-order chi connectivity index (χ1) is 16.4. The number of pyridine rings is 1. The van der Waals surface area contributed by atoms with Gasteiger partial charge in [-0.1, -0.05) is 41.4 Å². The highest BCUT2D eigenvalue weighted by molar-refractivity contribution is 7.89. The van der Waals surface area contributed by atoms with E-state index in [0.29, 0.717) is 28.3 Å². The van der Waals surface area contributed by atoms with Gasteiger partial charge in [-0.2, -0.15) is 17.5 Å². The summed E-state index contributed by atoms with van der Waals surface area (Å²) in [6, 6.07) is 10.7. The van der Waals surface area contributed by atoms with Crippen LogP contribution < -0.4 is 10.6 Å². The van der Waals surface area contributed by atoms with Crippen molar-refractivity contribution in [3.05, 3.63) is 93.2 Å². The maximum atomic E-state index is 13.6. The molecular formula is C24H19ClF3N3O3S. The molecule has 1 aliphatic rings. The highest BCUT2D eigenvalue weighted by Crippen LogP contribution is 2.35. The van der Waals surface area contributed by atoms with Crippen LogP contribution in [0, 0.1) is 12.8 Å². The lowest BCUT2D eigenvalue weighted by Gasteiger charge is -2.26. The Labute approximate surface area is 204 Å². The van der Waals surface area contributed by atoms with Crippen LogP contribution in [-0.2, 0) is 27.5 Å². The molecule has 2 heterocycles. The summed E-state index contributed by atoms with van der Waals surface area (Å²) in [7, 11) is -4.56. The van der Waals surface area contributed by atoms with Gasteiger partial charge in [0.15, 0.2) is 0 Å². The molecule has 11 heteroatoms. The van der Waals surface area contributed by atoms with E-state index >= 15 is 0 Å². The molecule has 0 radical (unpaired) electrons. The van der Waals surface area contributed by atoms with Crippen molar-refractivity contribution in [2.45, 2.75) is 24.5 Å². The summed E-state index contributed by atoms with van der Waals surface area (Å²) in [5, 5.41) is 0.781. The van der Waals surface area contributed by atoms with Gasteiger partial charge in [0.1, 0.15) is 4.90 Å². The lowest BCUT2D eigenvalue weighted by atomic mass is 10.0. The minimum atomic E-state index is -4.77. The van der Waals surface area contributed by atoms with E-state index in [4.69, 9.17) is 11.6 Å². The second kappa shape index (κ2) is 9.52. The number of hydrogen-bond donors (Lipinski definition) is 0. The van der Waals surface area contributed by atoms with E-state index in [0.717, 1.165) is 15.9 Å². The van der Waals surface area contributed by atoms with Gasteiger partial charge >= 0.3 is 6.18 Å². The van der Waals surface area contributed by atoms with Crippen molar-refractivity contribution in [1.29, 1.82) is 0 Å². The van der Waals surface area contributed by atoms with E-state index in [1.165, 1.54) is 12.4 Å². The largest absolute Gasteiger partial charge is 0.416 e. The molecule has 0 N–H and O–H groups in total. The van der Waals surface area contributed by atoms with Crippen LogP contribution in [0.2, 0.25) is 5.02 Å². The number of benzene rings is 2. The summed E-state index contributed by atoms with van der Waals surface area (Å²) >= 11 is 6.05. The number of rotatable bonds is 6. The van der Waals surface area contributed by atoms with Crippen molar-refractivity contribution < 1.29 is 26.4 Å². The van der Waals surface area contributed by atoms with Gasteiger partial charge in [-0.15, -0.1) is 0 Å². The molecule has 4 rings (SSSR count). The average Bonchev–Trinajstić information content (AvgIpc) is 2.79. The quantitative estimate of drug-likeness (QED) is 0.497. The molecular weight excluding hydrogens is 503 g/mol. The maximum absolute atomic E-state index is 13.6. The van der Waals surface area contributed by atoms with Crippen LogP contribution in [0.25, 0.3) is 6.08 Å². The van der Waals surface area contributed by atoms with Crippen LogP contribution in [0.4, 0.5) is 13.2 Å². The zero-order chi connectivity index (χ0) is 25.4. The second-order valence-corrected chi connectivity index (χ2v) is 10.4. The van der Waals surface area contributed by atoms with Crippen molar-refractivity contribution in [3.63, 3.8) is 0 Å². The minimum absolute atomic E-state index is 0.235. The lowest BCUT2D eigenvalue weighted by Crippen LogP contribution is -2.41. The molecule has 0 saturated carbocycles.